The second kappa shape index (κ2) is 6.86. The van der Waals surface area contributed by atoms with Crippen LogP contribution in [0.1, 0.15) is 17.5 Å². The van der Waals surface area contributed by atoms with E-state index in [4.69, 9.17) is 0 Å². The van der Waals surface area contributed by atoms with Gasteiger partial charge >= 0.3 is 10.8 Å². The summed E-state index contributed by atoms with van der Waals surface area (Å²) in [4.78, 5) is 41.5. The van der Waals surface area contributed by atoms with E-state index >= 15 is 0 Å². The van der Waals surface area contributed by atoms with Crippen molar-refractivity contribution in [3.8, 4) is 0 Å². The van der Waals surface area contributed by atoms with Crippen LogP contribution in [0, 0.1) is 0 Å². The van der Waals surface area contributed by atoms with E-state index in [1.165, 1.54) is 7.11 Å². The summed E-state index contributed by atoms with van der Waals surface area (Å²) in [5, 5.41) is 0. The van der Waals surface area contributed by atoms with Gasteiger partial charge in [-0.3, -0.25) is 19.3 Å². The number of piperazine rings is 1. The van der Waals surface area contributed by atoms with Crippen LogP contribution in [0.4, 0.5) is 0 Å². The first-order valence-electron chi connectivity index (χ1n) is 6.75. The molecule has 0 unspecified atom stereocenters. The number of nitrogens with zero attached hydrogens (tertiary/aromatic N) is 2. The number of thiazole rings is 1. The van der Waals surface area contributed by atoms with E-state index in [0.717, 1.165) is 29.3 Å². The lowest BCUT2D eigenvalue weighted by atomic mass is 10.2. The molecule has 1 aliphatic heterocycles. The Hall–Kier alpha value is -1.67. The topological polar surface area (TPSA) is 82.7 Å². The summed E-state index contributed by atoms with van der Waals surface area (Å²) < 4.78 is 4.63. The highest BCUT2D eigenvalue weighted by atomic mass is 32.1. The number of esters is 1. The van der Waals surface area contributed by atoms with Crippen LogP contribution in [0.25, 0.3) is 0 Å². The van der Waals surface area contributed by atoms with Gasteiger partial charge in [-0.15, -0.1) is 0 Å². The molecule has 2 rings (SSSR count). The molecule has 8 heteroatoms. The van der Waals surface area contributed by atoms with Crippen LogP contribution < -0.4 is 4.87 Å². The van der Waals surface area contributed by atoms with Crippen molar-refractivity contribution in [2.45, 2.75) is 19.9 Å². The number of carbonyl (C=O) groups is 2. The van der Waals surface area contributed by atoms with Gasteiger partial charge in [-0.25, -0.2) is 0 Å². The molecule has 1 aliphatic rings. The minimum absolute atomic E-state index is 0.0813. The van der Waals surface area contributed by atoms with Gasteiger partial charge < -0.3 is 14.6 Å². The molecule has 0 saturated carbocycles. The predicted molar refractivity (Wildman–Crippen MR) is 78.2 cm³/mol. The average molecular weight is 313 g/mol. The third-order valence-electron chi connectivity index (χ3n) is 3.54. The van der Waals surface area contributed by atoms with Gasteiger partial charge in [-0.1, -0.05) is 11.3 Å². The molecular formula is C13H19N3O4S. The molecule has 0 radical (unpaired) electrons. The molecule has 116 valence electrons. The molecule has 1 aromatic rings. The number of rotatable bonds is 4. The zero-order chi connectivity index (χ0) is 15.4. The summed E-state index contributed by atoms with van der Waals surface area (Å²) in [5.74, 6) is -0.279. The Labute approximate surface area is 126 Å². The highest BCUT2D eigenvalue weighted by Crippen LogP contribution is 2.15. The van der Waals surface area contributed by atoms with Crippen molar-refractivity contribution >= 4 is 23.2 Å². The highest BCUT2D eigenvalue weighted by Gasteiger charge is 2.21. The van der Waals surface area contributed by atoms with Crippen molar-refractivity contribution in [1.29, 1.82) is 0 Å². The Kier molecular flexibility index (Phi) is 5.13. The monoisotopic (exact) mass is 313 g/mol. The summed E-state index contributed by atoms with van der Waals surface area (Å²) in [5.41, 5.74) is 0.630. The zero-order valence-corrected chi connectivity index (χ0v) is 13.0. The van der Waals surface area contributed by atoms with E-state index in [1.54, 1.807) is 6.92 Å². The summed E-state index contributed by atoms with van der Waals surface area (Å²) in [6, 6.07) is 0. The van der Waals surface area contributed by atoms with Crippen molar-refractivity contribution in [2.24, 2.45) is 0 Å². The number of aromatic amines is 1. The smallest absolute Gasteiger partial charge is 0.311 e. The molecular weight excluding hydrogens is 294 g/mol. The first-order valence-corrected chi connectivity index (χ1v) is 7.56. The Morgan fingerprint density at radius 1 is 1.29 bits per heavy atom. The van der Waals surface area contributed by atoms with E-state index in [9.17, 15) is 14.4 Å². The fourth-order valence-electron chi connectivity index (χ4n) is 2.30. The molecule has 1 amide bonds. The molecule has 7 nitrogen and oxygen atoms in total. The summed E-state index contributed by atoms with van der Waals surface area (Å²) >= 11 is 1.13. The van der Waals surface area contributed by atoms with Gasteiger partial charge in [0, 0.05) is 50.2 Å². The molecule has 0 aliphatic carbocycles. The lowest BCUT2D eigenvalue weighted by Crippen LogP contribution is -2.47. The van der Waals surface area contributed by atoms with Crippen molar-refractivity contribution in [3.63, 3.8) is 0 Å². The quantitative estimate of drug-likeness (QED) is 0.780. The molecule has 2 heterocycles. The van der Waals surface area contributed by atoms with Crippen LogP contribution in [0.15, 0.2) is 4.79 Å². The molecule has 0 spiro atoms. The maximum absolute atomic E-state index is 11.5. The third kappa shape index (κ3) is 4.15. The number of aromatic nitrogens is 1. The molecule has 1 saturated heterocycles. The number of hydrogen-bond donors (Lipinski definition) is 1. The molecule has 1 N–H and O–H groups in total. The Bertz CT molecular complexity index is 572. The fourth-order valence-corrected chi connectivity index (χ4v) is 3.19. The lowest BCUT2D eigenvalue weighted by molar-refractivity contribution is -0.139. The van der Waals surface area contributed by atoms with Gasteiger partial charge in [0.2, 0.25) is 5.91 Å². The van der Waals surface area contributed by atoms with Gasteiger partial charge in [0.05, 0.1) is 13.5 Å². The maximum Gasteiger partial charge on any atom is 0.311 e. The highest BCUT2D eigenvalue weighted by molar-refractivity contribution is 7.09. The first-order chi connectivity index (χ1) is 9.99. The van der Waals surface area contributed by atoms with Gasteiger partial charge in [0.25, 0.3) is 0 Å². The maximum atomic E-state index is 11.5. The van der Waals surface area contributed by atoms with Crippen molar-refractivity contribution in [2.75, 3.05) is 33.3 Å². The predicted octanol–water partition coefficient (Wildman–Crippen LogP) is -0.184. The SMILES string of the molecule is COC(=O)Cc1[nH]c(=O)sc1CN1CCN(C(C)=O)CC1. The van der Waals surface area contributed by atoms with E-state index in [0.29, 0.717) is 25.3 Å². The third-order valence-corrected chi connectivity index (χ3v) is 4.45. The number of hydrogen-bond acceptors (Lipinski definition) is 6. The van der Waals surface area contributed by atoms with Crippen LogP contribution in [0.2, 0.25) is 0 Å². The van der Waals surface area contributed by atoms with Crippen molar-refractivity contribution < 1.29 is 14.3 Å². The van der Waals surface area contributed by atoms with E-state index in [2.05, 4.69) is 14.6 Å². The van der Waals surface area contributed by atoms with Crippen LogP contribution in [0.5, 0.6) is 0 Å². The number of nitrogens with one attached hydrogen (secondary N) is 1. The lowest BCUT2D eigenvalue weighted by Gasteiger charge is -2.33. The minimum Gasteiger partial charge on any atom is -0.469 e. The van der Waals surface area contributed by atoms with Crippen molar-refractivity contribution in [1.82, 2.24) is 14.8 Å². The van der Waals surface area contributed by atoms with Crippen molar-refractivity contribution in [3.05, 3.63) is 20.2 Å². The van der Waals surface area contributed by atoms with E-state index in [1.807, 2.05) is 4.90 Å². The van der Waals surface area contributed by atoms with Crippen LogP contribution in [-0.2, 0) is 27.3 Å². The normalized spacial score (nSPS) is 16.0. The number of H-pyrrole nitrogens is 1. The number of carbonyl (C=O) groups excluding carboxylic acids is 2. The molecule has 21 heavy (non-hydrogen) atoms. The van der Waals surface area contributed by atoms with Gasteiger partial charge in [0.1, 0.15) is 0 Å². The Balaban J connectivity index is 1.99. The number of amides is 1. The standard InChI is InChI=1S/C13H19N3O4S/c1-9(17)16-5-3-15(4-6-16)8-11-10(7-12(18)20-2)14-13(19)21-11/h3-8H2,1-2H3,(H,14,19). The fraction of sp³-hybridized carbons (Fsp3) is 0.615. The minimum atomic E-state index is -0.369. The first kappa shape index (κ1) is 15.7. The van der Waals surface area contributed by atoms with E-state index < -0.39 is 0 Å². The molecule has 1 fully saturated rings. The van der Waals surface area contributed by atoms with Crippen LogP contribution in [0.3, 0.4) is 0 Å². The van der Waals surface area contributed by atoms with Crippen LogP contribution >= 0.6 is 11.3 Å². The number of methoxy groups -OCH3 is 1. The second-order valence-electron chi connectivity index (χ2n) is 4.95. The Morgan fingerprint density at radius 3 is 2.52 bits per heavy atom. The molecule has 0 atom stereocenters. The largest absolute Gasteiger partial charge is 0.469 e. The van der Waals surface area contributed by atoms with E-state index in [-0.39, 0.29) is 23.2 Å². The summed E-state index contributed by atoms with van der Waals surface area (Å²) in [6.45, 7) is 5.11. The van der Waals surface area contributed by atoms with Gasteiger partial charge in [-0.05, 0) is 0 Å². The van der Waals surface area contributed by atoms with Crippen LogP contribution in [-0.4, -0.2) is 59.9 Å². The Morgan fingerprint density at radius 2 is 1.95 bits per heavy atom. The second-order valence-corrected chi connectivity index (χ2v) is 6.02. The van der Waals surface area contributed by atoms with Gasteiger partial charge in [-0.2, -0.15) is 0 Å². The molecule has 0 aromatic carbocycles. The van der Waals surface area contributed by atoms with Gasteiger partial charge in [0.15, 0.2) is 0 Å². The molecule has 0 bridgehead atoms. The summed E-state index contributed by atoms with van der Waals surface area (Å²) in [6.07, 6.45) is 0.0813. The average Bonchev–Trinajstić information content (AvgIpc) is 2.79. The molecule has 1 aromatic heterocycles. The zero-order valence-electron chi connectivity index (χ0n) is 12.2. The number of ether oxygens (including phenoxy) is 1. The summed E-state index contributed by atoms with van der Waals surface area (Å²) in [7, 11) is 1.33.